The zero-order chi connectivity index (χ0) is 8.27. The lowest BCUT2D eigenvalue weighted by Gasteiger charge is -1.92. The highest BCUT2D eigenvalue weighted by Crippen LogP contribution is 2.17. The van der Waals surface area contributed by atoms with Gasteiger partial charge in [-0.2, -0.15) is 0 Å². The van der Waals surface area contributed by atoms with Gasteiger partial charge in [0.2, 0.25) is 0 Å². The molecule has 1 N–H and O–H groups in total. The molecule has 0 unspecified atom stereocenters. The maximum atomic E-state index is 9.31. The second-order valence-corrected chi connectivity index (χ2v) is 4.02. The van der Waals surface area contributed by atoms with E-state index in [1.54, 1.807) is 0 Å². The maximum Gasteiger partial charge on any atom is 0.134 e. The zero-order valence-corrected chi connectivity index (χ0v) is 8.05. The summed E-state index contributed by atoms with van der Waals surface area (Å²) in [6.45, 7) is 0. The lowest BCUT2D eigenvalue weighted by molar-refractivity contribution is 0.514. The molecule has 0 aliphatic carbocycles. The maximum absolute atomic E-state index is 9.31. The first kappa shape index (κ1) is 8.77. The molecule has 4 heteroatoms. The fraction of sp³-hybridized carbons (Fsp3) is 0. The van der Waals surface area contributed by atoms with Gasteiger partial charge < -0.3 is 5.11 Å². The topological polar surface area (TPSA) is 20.2 Å². The van der Waals surface area contributed by atoms with E-state index in [0.717, 1.165) is 4.88 Å². The molecule has 1 rings (SSSR count). The van der Waals surface area contributed by atoms with E-state index in [9.17, 15) is 5.11 Å². The number of thiol groups is 1. The summed E-state index contributed by atoms with van der Waals surface area (Å²) in [6.07, 6.45) is 1.45. The second kappa shape index (κ2) is 3.90. The smallest absolute Gasteiger partial charge is 0.134 e. The van der Waals surface area contributed by atoms with Gasteiger partial charge in [0, 0.05) is 6.08 Å². The molecule has 0 atom stereocenters. The van der Waals surface area contributed by atoms with Crippen LogP contribution in [0.1, 0.15) is 4.88 Å². The van der Waals surface area contributed by atoms with Crippen LogP contribution in [-0.2, 0) is 0 Å². The van der Waals surface area contributed by atoms with Crippen LogP contribution in [0.25, 0.3) is 5.76 Å². The van der Waals surface area contributed by atoms with Crippen LogP contribution < -0.4 is 0 Å². The van der Waals surface area contributed by atoms with Crippen molar-refractivity contribution in [3.8, 4) is 0 Å². The van der Waals surface area contributed by atoms with Crippen molar-refractivity contribution in [3.63, 3.8) is 0 Å². The van der Waals surface area contributed by atoms with Crippen LogP contribution in [-0.4, -0.2) is 9.30 Å². The molecule has 0 aliphatic heterocycles. The minimum atomic E-state index is 0.181. The van der Waals surface area contributed by atoms with Gasteiger partial charge in [-0.1, -0.05) is 18.3 Å². The Morgan fingerprint density at radius 1 is 1.73 bits per heavy atom. The average Bonchev–Trinajstić information content (AvgIpc) is 2.35. The Morgan fingerprint density at radius 3 is 2.91 bits per heavy atom. The van der Waals surface area contributed by atoms with Gasteiger partial charge in [0.1, 0.15) is 5.76 Å². The molecule has 0 amide bonds. The van der Waals surface area contributed by atoms with Crippen molar-refractivity contribution in [2.24, 2.45) is 0 Å². The first-order chi connectivity index (χ1) is 5.20. The molecule has 0 spiro atoms. The van der Waals surface area contributed by atoms with Gasteiger partial charge in [-0.15, -0.1) is 24.0 Å². The normalized spacial score (nSPS) is 11.5. The Kier molecular flexibility index (Phi) is 3.11. The molecule has 58 valence electrons. The highest BCUT2D eigenvalue weighted by atomic mass is 32.1. The van der Waals surface area contributed by atoms with E-state index in [1.165, 1.54) is 17.4 Å². The monoisotopic (exact) mass is 202 g/mol. The molecule has 1 aromatic rings. The fourth-order valence-electron chi connectivity index (χ4n) is 0.612. The molecule has 11 heavy (non-hydrogen) atoms. The number of hydrogen-bond acceptors (Lipinski definition) is 3. The van der Waals surface area contributed by atoms with Crippen LogP contribution in [0, 0.1) is 0 Å². The largest absolute Gasteiger partial charge is 0.506 e. The van der Waals surface area contributed by atoms with Crippen molar-refractivity contribution in [1.29, 1.82) is 0 Å². The number of rotatable bonds is 2. The van der Waals surface area contributed by atoms with E-state index in [0.29, 0.717) is 4.20 Å². The first-order valence-electron chi connectivity index (χ1n) is 2.87. The van der Waals surface area contributed by atoms with Crippen LogP contribution in [0.2, 0.25) is 0 Å². The fourth-order valence-corrected chi connectivity index (χ4v) is 1.49. The van der Waals surface area contributed by atoms with Gasteiger partial charge in [0.15, 0.2) is 0 Å². The predicted octanol–water partition coefficient (Wildman–Crippen LogP) is 2.90. The lowest BCUT2D eigenvalue weighted by atomic mass is 10.4. The Hall–Kier alpha value is -0.320. The van der Waals surface area contributed by atoms with Crippen LogP contribution >= 0.6 is 36.2 Å². The van der Waals surface area contributed by atoms with E-state index >= 15 is 0 Å². The summed E-state index contributed by atoms with van der Waals surface area (Å²) in [5.74, 6) is 0.181. The van der Waals surface area contributed by atoms with Gasteiger partial charge in [-0.3, -0.25) is 0 Å². The molecular formula is C7H6OS3. The Morgan fingerprint density at radius 2 is 2.45 bits per heavy atom. The van der Waals surface area contributed by atoms with E-state index in [-0.39, 0.29) is 5.76 Å². The quantitative estimate of drug-likeness (QED) is 0.333. The molecular weight excluding hydrogens is 196 g/mol. The first-order valence-corrected chi connectivity index (χ1v) is 4.61. The van der Waals surface area contributed by atoms with Crippen LogP contribution in [0.3, 0.4) is 0 Å². The molecule has 1 nitrogen and oxygen atoms in total. The standard InChI is InChI=1S/C7H6OS3/c8-5(4-7(9)10)6-2-1-3-11-6/h1-4,8H,(H,9,10)/b5-4+. The van der Waals surface area contributed by atoms with E-state index in [4.69, 9.17) is 0 Å². The Bertz CT molecular complexity index is 274. The highest BCUT2D eigenvalue weighted by Gasteiger charge is 1.98. The van der Waals surface area contributed by atoms with Crippen molar-refractivity contribution in [2.45, 2.75) is 0 Å². The molecule has 0 radical (unpaired) electrons. The predicted molar refractivity (Wildman–Crippen MR) is 56.5 cm³/mol. The molecule has 1 heterocycles. The van der Waals surface area contributed by atoms with Gasteiger partial charge in [0.05, 0.1) is 9.07 Å². The number of thiophene rings is 1. The molecule has 1 aromatic heterocycles. The van der Waals surface area contributed by atoms with Crippen molar-refractivity contribution < 1.29 is 5.11 Å². The molecule has 0 bridgehead atoms. The molecule has 0 fully saturated rings. The summed E-state index contributed by atoms with van der Waals surface area (Å²) in [5, 5.41) is 11.2. The van der Waals surface area contributed by atoms with Crippen molar-refractivity contribution >= 4 is 46.1 Å². The molecule has 0 aliphatic rings. The Labute approximate surface area is 79.8 Å². The third kappa shape index (κ3) is 2.65. The summed E-state index contributed by atoms with van der Waals surface area (Å²) in [5.41, 5.74) is 0. The van der Waals surface area contributed by atoms with E-state index in [1.807, 2.05) is 17.5 Å². The summed E-state index contributed by atoms with van der Waals surface area (Å²) in [4.78, 5) is 0.807. The third-order valence-electron chi connectivity index (χ3n) is 1.03. The Balaban J connectivity index is 2.86. The van der Waals surface area contributed by atoms with E-state index in [2.05, 4.69) is 24.8 Å². The summed E-state index contributed by atoms with van der Waals surface area (Å²) in [6, 6.07) is 3.69. The summed E-state index contributed by atoms with van der Waals surface area (Å²) in [7, 11) is 0. The molecule has 0 saturated heterocycles. The SMILES string of the molecule is O/C(=C/C(=S)S)c1cccs1. The van der Waals surface area contributed by atoms with Gasteiger partial charge in [-0.05, 0) is 11.4 Å². The second-order valence-electron chi connectivity index (χ2n) is 1.85. The lowest BCUT2D eigenvalue weighted by Crippen LogP contribution is -1.80. The summed E-state index contributed by atoms with van der Waals surface area (Å²) >= 11 is 10.0. The minimum absolute atomic E-state index is 0.181. The third-order valence-corrected chi connectivity index (χ3v) is 2.17. The number of aliphatic hydroxyl groups excluding tert-OH is 1. The highest BCUT2D eigenvalue weighted by molar-refractivity contribution is 8.11. The van der Waals surface area contributed by atoms with Gasteiger partial charge >= 0.3 is 0 Å². The average molecular weight is 202 g/mol. The summed E-state index contributed by atoms with van der Waals surface area (Å²) < 4.78 is 0.385. The number of thiocarbonyl (C=S) groups is 1. The van der Waals surface area contributed by atoms with Gasteiger partial charge in [-0.25, -0.2) is 0 Å². The van der Waals surface area contributed by atoms with Crippen molar-refractivity contribution in [2.75, 3.05) is 0 Å². The number of aliphatic hydroxyl groups is 1. The van der Waals surface area contributed by atoms with Crippen molar-refractivity contribution in [3.05, 3.63) is 28.5 Å². The van der Waals surface area contributed by atoms with Crippen LogP contribution in [0.5, 0.6) is 0 Å². The molecule has 0 aromatic carbocycles. The zero-order valence-electron chi connectivity index (χ0n) is 5.52. The van der Waals surface area contributed by atoms with E-state index < -0.39 is 0 Å². The van der Waals surface area contributed by atoms with Crippen LogP contribution in [0.4, 0.5) is 0 Å². The van der Waals surface area contributed by atoms with Crippen LogP contribution in [0.15, 0.2) is 23.6 Å². The van der Waals surface area contributed by atoms with Crippen molar-refractivity contribution in [1.82, 2.24) is 0 Å². The number of hydrogen-bond donors (Lipinski definition) is 2. The minimum Gasteiger partial charge on any atom is -0.506 e. The van der Waals surface area contributed by atoms with Gasteiger partial charge in [0.25, 0.3) is 0 Å². The molecule has 0 saturated carbocycles.